The molecule has 2 fully saturated rings. The highest BCUT2D eigenvalue weighted by Gasteiger charge is 2.34. The molecule has 2 aromatic rings. The minimum absolute atomic E-state index is 0.0559. The van der Waals surface area contributed by atoms with Crippen LogP contribution in [0.2, 0.25) is 0 Å². The lowest BCUT2D eigenvalue weighted by atomic mass is 9.98. The zero-order chi connectivity index (χ0) is 20.8. The lowest BCUT2D eigenvalue weighted by molar-refractivity contribution is -0.143. The average molecular weight is 407 g/mol. The second-order valence-electron chi connectivity index (χ2n) is 8.24. The van der Waals surface area contributed by atoms with E-state index in [-0.39, 0.29) is 17.9 Å². The molecule has 30 heavy (non-hydrogen) atoms. The minimum Gasteiger partial charge on any atom is -0.351 e. The van der Waals surface area contributed by atoms with Crippen molar-refractivity contribution in [2.24, 2.45) is 0 Å². The van der Waals surface area contributed by atoms with Gasteiger partial charge in [0.2, 0.25) is 11.8 Å². The van der Waals surface area contributed by atoms with Crippen molar-refractivity contribution < 1.29 is 9.59 Å². The van der Waals surface area contributed by atoms with Crippen LogP contribution >= 0.6 is 0 Å². The van der Waals surface area contributed by atoms with Gasteiger partial charge in [0.25, 0.3) is 0 Å². The molecule has 158 valence electrons. The van der Waals surface area contributed by atoms with Crippen molar-refractivity contribution >= 4 is 11.8 Å². The lowest BCUT2D eigenvalue weighted by Gasteiger charge is -2.36. The molecule has 1 N–H and O–H groups in total. The highest BCUT2D eigenvalue weighted by molar-refractivity contribution is 5.89. The van der Waals surface area contributed by atoms with Gasteiger partial charge in [-0.15, -0.1) is 0 Å². The van der Waals surface area contributed by atoms with Crippen LogP contribution in [0.1, 0.15) is 49.4 Å². The summed E-state index contributed by atoms with van der Waals surface area (Å²) in [5.74, 6) is 0.0232. The second-order valence-corrected chi connectivity index (χ2v) is 8.24. The molecule has 6 nitrogen and oxygen atoms in total. The molecule has 1 aromatic heterocycles. The van der Waals surface area contributed by atoms with Crippen LogP contribution in [0, 0.1) is 0 Å². The molecule has 6 heteroatoms. The van der Waals surface area contributed by atoms with E-state index in [0.717, 1.165) is 56.6 Å². The first-order valence-corrected chi connectivity index (χ1v) is 11.0. The number of hydrogen-bond acceptors (Lipinski definition) is 4. The molecule has 1 aromatic carbocycles. The van der Waals surface area contributed by atoms with Gasteiger partial charge < -0.3 is 10.2 Å². The van der Waals surface area contributed by atoms with Crippen LogP contribution in [0.5, 0.6) is 0 Å². The van der Waals surface area contributed by atoms with Crippen molar-refractivity contribution in [3.8, 4) is 0 Å². The summed E-state index contributed by atoms with van der Waals surface area (Å²) in [6.07, 6.45) is 6.04. The Balaban J connectivity index is 1.38. The zero-order valence-electron chi connectivity index (χ0n) is 17.4. The Hall–Kier alpha value is -2.73. The van der Waals surface area contributed by atoms with Gasteiger partial charge in [-0.05, 0) is 43.4 Å². The van der Waals surface area contributed by atoms with Crippen LogP contribution in [0.15, 0.2) is 54.7 Å². The third-order valence-corrected chi connectivity index (χ3v) is 6.08. The number of nitrogens with one attached hydrogen (secondary N) is 1. The molecule has 2 saturated heterocycles. The molecule has 0 spiro atoms. The van der Waals surface area contributed by atoms with Crippen LogP contribution in [0.4, 0.5) is 0 Å². The van der Waals surface area contributed by atoms with E-state index >= 15 is 0 Å². The molecule has 2 aliphatic rings. The van der Waals surface area contributed by atoms with Crippen LogP contribution in [-0.2, 0) is 16.1 Å². The van der Waals surface area contributed by atoms with Crippen molar-refractivity contribution in [2.45, 2.75) is 50.7 Å². The molecule has 0 radical (unpaired) electrons. The van der Waals surface area contributed by atoms with Crippen LogP contribution < -0.4 is 5.32 Å². The number of rotatable bonds is 6. The van der Waals surface area contributed by atoms with Crippen molar-refractivity contribution in [1.82, 2.24) is 20.1 Å². The predicted octanol–water partition coefficient (Wildman–Crippen LogP) is 2.92. The Bertz CT molecular complexity index is 835. The monoisotopic (exact) mass is 406 g/mol. The Labute approximate surface area is 178 Å². The molecule has 0 saturated carbocycles. The van der Waals surface area contributed by atoms with Gasteiger partial charge in [0.05, 0.1) is 5.69 Å². The topological polar surface area (TPSA) is 65.5 Å². The Morgan fingerprint density at radius 3 is 2.50 bits per heavy atom. The minimum atomic E-state index is -0.537. The van der Waals surface area contributed by atoms with Crippen molar-refractivity contribution in [3.05, 3.63) is 66.0 Å². The molecule has 1 atom stereocenters. The Morgan fingerprint density at radius 1 is 1.03 bits per heavy atom. The number of hydrogen-bond donors (Lipinski definition) is 1. The molecular formula is C24H30N4O2. The fraction of sp³-hybridized carbons (Fsp3) is 0.458. The van der Waals surface area contributed by atoms with Gasteiger partial charge in [0.1, 0.15) is 6.04 Å². The van der Waals surface area contributed by atoms with E-state index < -0.39 is 6.04 Å². The molecule has 0 bridgehead atoms. The van der Waals surface area contributed by atoms with Crippen molar-refractivity contribution in [3.63, 3.8) is 0 Å². The molecule has 1 unspecified atom stereocenters. The van der Waals surface area contributed by atoms with Crippen LogP contribution in [0.25, 0.3) is 0 Å². The van der Waals surface area contributed by atoms with Crippen molar-refractivity contribution in [2.75, 3.05) is 19.6 Å². The number of pyridine rings is 1. The number of aromatic nitrogens is 1. The first kappa shape index (κ1) is 20.5. The third kappa shape index (κ3) is 5.05. The Kier molecular flexibility index (Phi) is 6.74. The van der Waals surface area contributed by atoms with Gasteiger partial charge in [0.15, 0.2) is 0 Å². The number of benzene rings is 1. The molecule has 3 heterocycles. The molecule has 2 aliphatic heterocycles. The number of nitrogens with zero attached hydrogens (tertiary/aromatic N) is 3. The van der Waals surface area contributed by atoms with Gasteiger partial charge >= 0.3 is 0 Å². The fourth-order valence-corrected chi connectivity index (χ4v) is 4.44. The summed E-state index contributed by atoms with van der Waals surface area (Å²) in [5, 5.41) is 3.24. The fourth-order valence-electron chi connectivity index (χ4n) is 4.44. The summed E-state index contributed by atoms with van der Waals surface area (Å²) in [6, 6.07) is 15.3. The number of likely N-dealkylation sites (tertiary alicyclic amines) is 2. The van der Waals surface area contributed by atoms with E-state index in [1.54, 1.807) is 4.90 Å². The summed E-state index contributed by atoms with van der Waals surface area (Å²) in [6.45, 7) is 3.35. The van der Waals surface area contributed by atoms with E-state index in [2.05, 4.69) is 15.2 Å². The molecule has 4 rings (SSSR count). The second kappa shape index (κ2) is 9.85. The molecule has 2 amide bonds. The third-order valence-electron chi connectivity index (χ3n) is 6.08. The maximum atomic E-state index is 13.3. The maximum Gasteiger partial charge on any atom is 0.247 e. The summed E-state index contributed by atoms with van der Waals surface area (Å²) in [5.41, 5.74) is 1.96. The smallest absolute Gasteiger partial charge is 0.247 e. The number of amides is 2. The summed E-state index contributed by atoms with van der Waals surface area (Å²) >= 11 is 0. The SMILES string of the molecule is O=C(NC1CCN(Cc2ccccn2)CC1)C(c1ccccc1)N1CCCCC1=O. The normalized spacial score (nSPS) is 19.5. The van der Waals surface area contributed by atoms with Gasteiger partial charge in [-0.2, -0.15) is 0 Å². The molecular weight excluding hydrogens is 376 g/mol. The first-order chi connectivity index (χ1) is 14.7. The van der Waals surface area contributed by atoms with E-state index in [9.17, 15) is 9.59 Å². The first-order valence-electron chi connectivity index (χ1n) is 11.0. The number of carbonyl (C=O) groups is 2. The van der Waals surface area contributed by atoms with Gasteiger partial charge in [-0.1, -0.05) is 36.4 Å². The van der Waals surface area contributed by atoms with Crippen LogP contribution in [-0.4, -0.2) is 52.3 Å². The van der Waals surface area contributed by atoms with Gasteiger partial charge in [-0.25, -0.2) is 0 Å². The maximum absolute atomic E-state index is 13.3. The quantitative estimate of drug-likeness (QED) is 0.801. The highest BCUT2D eigenvalue weighted by Crippen LogP contribution is 2.26. The lowest BCUT2D eigenvalue weighted by Crippen LogP contribution is -2.50. The van der Waals surface area contributed by atoms with Gasteiger partial charge in [0, 0.05) is 44.8 Å². The average Bonchev–Trinajstić information content (AvgIpc) is 2.78. The number of carbonyl (C=O) groups excluding carboxylic acids is 2. The highest BCUT2D eigenvalue weighted by atomic mass is 16.2. The van der Waals surface area contributed by atoms with E-state index in [1.807, 2.05) is 54.7 Å². The Morgan fingerprint density at radius 2 is 1.80 bits per heavy atom. The van der Waals surface area contributed by atoms with Crippen molar-refractivity contribution in [1.29, 1.82) is 0 Å². The molecule has 0 aliphatic carbocycles. The van der Waals surface area contributed by atoms with E-state index in [1.165, 1.54) is 0 Å². The van der Waals surface area contributed by atoms with Gasteiger partial charge in [-0.3, -0.25) is 19.5 Å². The summed E-state index contributed by atoms with van der Waals surface area (Å²) < 4.78 is 0. The largest absolute Gasteiger partial charge is 0.351 e. The zero-order valence-corrected chi connectivity index (χ0v) is 17.4. The van der Waals surface area contributed by atoms with E-state index in [0.29, 0.717) is 13.0 Å². The summed E-state index contributed by atoms with van der Waals surface area (Å²) in [7, 11) is 0. The van der Waals surface area contributed by atoms with Crippen LogP contribution in [0.3, 0.4) is 0 Å². The predicted molar refractivity (Wildman–Crippen MR) is 115 cm³/mol. The number of piperidine rings is 2. The summed E-state index contributed by atoms with van der Waals surface area (Å²) in [4.78, 5) is 34.4. The standard InChI is InChI=1S/C24H30N4O2/c29-22-11-5-7-15-28(22)23(19-8-2-1-3-9-19)24(30)26-20-12-16-27(17-13-20)18-21-10-4-6-14-25-21/h1-4,6,8-10,14,20,23H,5,7,11-13,15-18H2,(H,26,30). The van der Waals surface area contributed by atoms with E-state index in [4.69, 9.17) is 0 Å².